The van der Waals surface area contributed by atoms with E-state index in [1.807, 2.05) is 0 Å². The van der Waals surface area contributed by atoms with E-state index in [0.717, 1.165) is 0 Å². The maximum absolute atomic E-state index is 11.2. The first-order chi connectivity index (χ1) is 6.65. The first kappa shape index (κ1) is 13.1. The maximum atomic E-state index is 11.2. The summed E-state index contributed by atoms with van der Waals surface area (Å²) in [5.41, 5.74) is 0.595. The zero-order valence-electron chi connectivity index (χ0n) is 9.20. The van der Waals surface area contributed by atoms with Crippen molar-refractivity contribution in [3.8, 4) is 0 Å². The second-order valence-corrected chi connectivity index (χ2v) is 2.88. The number of hydrogen-bond donors (Lipinski definition) is 0. The minimum Gasteiger partial charge on any atom is -0.459 e. The highest BCUT2D eigenvalue weighted by Gasteiger charge is 2.11. The van der Waals surface area contributed by atoms with Crippen LogP contribution in [0.3, 0.4) is 0 Å². The number of carbonyl (C=O) groups excluding carboxylic acids is 1. The van der Waals surface area contributed by atoms with Crippen molar-refractivity contribution in [1.82, 2.24) is 0 Å². The molecule has 4 nitrogen and oxygen atoms in total. The summed E-state index contributed by atoms with van der Waals surface area (Å²) in [6.07, 6.45) is 1.51. The molecule has 1 unspecified atom stereocenters. The fraction of sp³-hybridized carbons (Fsp3) is 0.700. The Hall–Kier alpha value is -0.870. The monoisotopic (exact) mass is 202 g/mol. The van der Waals surface area contributed by atoms with E-state index in [1.165, 1.54) is 0 Å². The average molecular weight is 202 g/mol. The molecule has 0 aliphatic rings. The number of methoxy groups -OCH3 is 2. The number of allylic oxidation sites excluding steroid dienone is 1. The van der Waals surface area contributed by atoms with Crippen LogP contribution < -0.4 is 0 Å². The van der Waals surface area contributed by atoms with Gasteiger partial charge in [-0.2, -0.15) is 0 Å². The Balaban J connectivity index is 3.85. The van der Waals surface area contributed by atoms with Crippen molar-refractivity contribution >= 4 is 5.97 Å². The third-order valence-corrected chi connectivity index (χ3v) is 1.84. The Morgan fingerprint density at radius 3 is 2.43 bits per heavy atom. The van der Waals surface area contributed by atoms with Crippen LogP contribution in [0.5, 0.6) is 0 Å². The Labute approximate surface area is 84.8 Å². The van der Waals surface area contributed by atoms with E-state index in [2.05, 4.69) is 0 Å². The molecule has 0 aliphatic heterocycles. The van der Waals surface area contributed by atoms with Gasteiger partial charge in [-0.05, 0) is 13.8 Å². The van der Waals surface area contributed by atoms with E-state index in [-0.39, 0.29) is 18.7 Å². The smallest absolute Gasteiger partial charge is 0.333 e. The Bertz CT molecular complexity index is 198. The lowest BCUT2D eigenvalue weighted by atomic mass is 10.3. The van der Waals surface area contributed by atoms with Gasteiger partial charge < -0.3 is 14.2 Å². The van der Waals surface area contributed by atoms with Gasteiger partial charge in [-0.3, -0.25) is 0 Å². The molecule has 0 radical (unpaired) electrons. The Morgan fingerprint density at radius 1 is 1.36 bits per heavy atom. The summed E-state index contributed by atoms with van der Waals surface area (Å²) in [7, 11) is 3.13. The van der Waals surface area contributed by atoms with E-state index >= 15 is 0 Å². The quantitative estimate of drug-likeness (QED) is 0.479. The molecular formula is C10H18O4. The molecule has 0 aromatic rings. The van der Waals surface area contributed by atoms with Crippen LogP contribution >= 0.6 is 0 Å². The van der Waals surface area contributed by atoms with Gasteiger partial charge in [-0.1, -0.05) is 6.08 Å². The van der Waals surface area contributed by atoms with Crippen LogP contribution in [0.15, 0.2) is 11.6 Å². The summed E-state index contributed by atoms with van der Waals surface area (Å²) >= 11 is 0. The standard InChI is InChI=1S/C10H18O4/c1-5-8(2)10(11)14-7-9(13-4)6-12-3/h5,9H,6-7H2,1-4H3/b8-5+. The molecule has 14 heavy (non-hydrogen) atoms. The van der Waals surface area contributed by atoms with Gasteiger partial charge in [0.15, 0.2) is 0 Å². The third kappa shape index (κ3) is 4.99. The van der Waals surface area contributed by atoms with E-state index in [9.17, 15) is 4.79 Å². The first-order valence-electron chi connectivity index (χ1n) is 4.47. The molecular weight excluding hydrogens is 184 g/mol. The van der Waals surface area contributed by atoms with Crippen molar-refractivity contribution in [3.63, 3.8) is 0 Å². The van der Waals surface area contributed by atoms with Crippen LogP contribution in [0.2, 0.25) is 0 Å². The summed E-state index contributed by atoms with van der Waals surface area (Å²) in [6, 6.07) is 0. The predicted molar refractivity (Wildman–Crippen MR) is 53.1 cm³/mol. The van der Waals surface area contributed by atoms with Crippen molar-refractivity contribution in [2.45, 2.75) is 20.0 Å². The summed E-state index contributed by atoms with van der Waals surface area (Å²) in [6.45, 7) is 4.13. The van der Waals surface area contributed by atoms with E-state index in [0.29, 0.717) is 12.2 Å². The van der Waals surface area contributed by atoms with Gasteiger partial charge in [-0.25, -0.2) is 4.79 Å². The highest BCUT2D eigenvalue weighted by Crippen LogP contribution is 1.99. The third-order valence-electron chi connectivity index (χ3n) is 1.84. The SMILES string of the molecule is C/C=C(\C)C(=O)OCC(COC)OC. The molecule has 82 valence electrons. The van der Waals surface area contributed by atoms with Crippen LogP contribution in [0, 0.1) is 0 Å². The second kappa shape index (κ2) is 7.53. The summed E-state index contributed by atoms with van der Waals surface area (Å²) in [4.78, 5) is 11.2. The lowest BCUT2D eigenvalue weighted by molar-refractivity contribution is -0.143. The lowest BCUT2D eigenvalue weighted by Gasteiger charge is -2.14. The maximum Gasteiger partial charge on any atom is 0.333 e. The van der Waals surface area contributed by atoms with Gasteiger partial charge >= 0.3 is 5.97 Å². The molecule has 0 aliphatic carbocycles. The zero-order valence-corrected chi connectivity index (χ0v) is 9.20. The van der Waals surface area contributed by atoms with Gasteiger partial charge in [0, 0.05) is 19.8 Å². The number of rotatable bonds is 6. The van der Waals surface area contributed by atoms with Crippen LogP contribution in [0.1, 0.15) is 13.8 Å². The molecule has 0 saturated heterocycles. The molecule has 0 fully saturated rings. The number of ether oxygens (including phenoxy) is 3. The molecule has 0 saturated carbocycles. The van der Waals surface area contributed by atoms with Gasteiger partial charge in [-0.15, -0.1) is 0 Å². The van der Waals surface area contributed by atoms with Crippen LogP contribution in [-0.4, -0.2) is 39.5 Å². The number of esters is 1. The second-order valence-electron chi connectivity index (χ2n) is 2.88. The molecule has 0 N–H and O–H groups in total. The normalized spacial score (nSPS) is 13.9. The molecule has 1 atom stereocenters. The molecule has 0 heterocycles. The van der Waals surface area contributed by atoms with Gasteiger partial charge in [0.1, 0.15) is 12.7 Å². The summed E-state index contributed by atoms with van der Waals surface area (Å²) in [5, 5.41) is 0. The van der Waals surface area contributed by atoms with E-state index < -0.39 is 0 Å². The average Bonchev–Trinajstić information content (AvgIpc) is 2.22. The van der Waals surface area contributed by atoms with Crippen molar-refractivity contribution in [1.29, 1.82) is 0 Å². The van der Waals surface area contributed by atoms with Crippen LogP contribution in [-0.2, 0) is 19.0 Å². The predicted octanol–water partition coefficient (Wildman–Crippen LogP) is 1.16. The van der Waals surface area contributed by atoms with Crippen molar-refractivity contribution in [2.75, 3.05) is 27.4 Å². The highest BCUT2D eigenvalue weighted by molar-refractivity contribution is 5.87. The van der Waals surface area contributed by atoms with Gasteiger partial charge in [0.05, 0.1) is 6.61 Å². The first-order valence-corrected chi connectivity index (χ1v) is 4.47. The molecule has 0 rings (SSSR count). The number of hydrogen-bond acceptors (Lipinski definition) is 4. The molecule has 4 heteroatoms. The fourth-order valence-electron chi connectivity index (χ4n) is 0.770. The zero-order chi connectivity index (χ0) is 11.0. The summed E-state index contributed by atoms with van der Waals surface area (Å²) in [5.74, 6) is -0.314. The topological polar surface area (TPSA) is 44.8 Å². The molecule has 0 bridgehead atoms. The minimum atomic E-state index is -0.314. The Morgan fingerprint density at radius 2 is 2.00 bits per heavy atom. The van der Waals surface area contributed by atoms with E-state index in [4.69, 9.17) is 14.2 Å². The molecule has 0 aromatic carbocycles. The van der Waals surface area contributed by atoms with E-state index in [1.54, 1.807) is 34.1 Å². The summed E-state index contributed by atoms with van der Waals surface area (Å²) < 4.78 is 14.9. The van der Waals surface area contributed by atoms with Crippen molar-refractivity contribution < 1.29 is 19.0 Å². The fourth-order valence-corrected chi connectivity index (χ4v) is 0.770. The largest absolute Gasteiger partial charge is 0.459 e. The molecule has 0 aromatic heterocycles. The van der Waals surface area contributed by atoms with Crippen LogP contribution in [0.4, 0.5) is 0 Å². The van der Waals surface area contributed by atoms with Gasteiger partial charge in [0.25, 0.3) is 0 Å². The molecule has 0 amide bonds. The van der Waals surface area contributed by atoms with Crippen molar-refractivity contribution in [3.05, 3.63) is 11.6 Å². The van der Waals surface area contributed by atoms with Gasteiger partial charge in [0.2, 0.25) is 0 Å². The lowest BCUT2D eigenvalue weighted by Crippen LogP contribution is -2.25. The minimum absolute atomic E-state index is 0.200. The van der Waals surface area contributed by atoms with Crippen LogP contribution in [0.25, 0.3) is 0 Å². The Kier molecular flexibility index (Phi) is 7.06. The molecule has 0 spiro atoms. The highest BCUT2D eigenvalue weighted by atomic mass is 16.6. The van der Waals surface area contributed by atoms with Crippen molar-refractivity contribution in [2.24, 2.45) is 0 Å². The number of carbonyl (C=O) groups is 1.